The van der Waals surface area contributed by atoms with Gasteiger partial charge in [-0.05, 0) is 105 Å². The Balaban J connectivity index is 1.74. The molecule has 1 saturated heterocycles. The molecule has 33 heavy (non-hydrogen) atoms. The summed E-state index contributed by atoms with van der Waals surface area (Å²) < 4.78 is 2.13. The van der Waals surface area contributed by atoms with Crippen LogP contribution in [0.2, 0.25) is 0 Å². The fraction of sp³-hybridized carbons (Fsp3) is 0.222. The van der Waals surface area contributed by atoms with Crippen molar-refractivity contribution in [2.24, 2.45) is 0 Å². The average Bonchev–Trinajstić information content (AvgIpc) is 3.06. The highest BCUT2D eigenvalue weighted by molar-refractivity contribution is 7.80. The van der Waals surface area contributed by atoms with Crippen molar-refractivity contribution in [2.45, 2.75) is 41.0 Å². The largest absolute Gasteiger partial charge is 0.318 e. The van der Waals surface area contributed by atoms with E-state index < -0.39 is 11.8 Å². The highest BCUT2D eigenvalue weighted by atomic mass is 32.1. The van der Waals surface area contributed by atoms with E-state index in [1.165, 1.54) is 10.5 Å². The zero-order chi connectivity index (χ0) is 23.9. The number of carbonyl (C=O) groups is 2. The standard InChI is InChI=1S/C27H27N3O2S/c1-6-20-8-11-22(12-9-20)29-18(4)14-21(19(29)5)15-24-25(31)28-27(33)30(26(24)32)23-10-7-16(2)17(3)13-23/h7-15H,6H2,1-5H3,(H,28,31,33)/b24-15+. The van der Waals surface area contributed by atoms with Crippen molar-refractivity contribution >= 4 is 40.9 Å². The second-order valence-electron chi connectivity index (χ2n) is 8.41. The van der Waals surface area contributed by atoms with E-state index in [0.29, 0.717) is 5.69 Å². The average molecular weight is 458 g/mol. The molecule has 1 N–H and O–H groups in total. The van der Waals surface area contributed by atoms with Crippen molar-refractivity contribution < 1.29 is 9.59 Å². The summed E-state index contributed by atoms with van der Waals surface area (Å²) in [5, 5.41) is 2.76. The number of carbonyl (C=O) groups excluding carboxylic acids is 2. The molecule has 0 atom stereocenters. The third kappa shape index (κ3) is 4.14. The molecule has 1 fully saturated rings. The molecule has 5 nitrogen and oxygen atoms in total. The first-order chi connectivity index (χ1) is 15.7. The van der Waals surface area contributed by atoms with E-state index in [-0.39, 0.29) is 10.7 Å². The zero-order valence-electron chi connectivity index (χ0n) is 19.5. The van der Waals surface area contributed by atoms with Gasteiger partial charge in [-0.3, -0.25) is 19.8 Å². The number of nitrogens with one attached hydrogen (secondary N) is 1. The van der Waals surface area contributed by atoms with Gasteiger partial charge in [-0.2, -0.15) is 0 Å². The van der Waals surface area contributed by atoms with Gasteiger partial charge in [0.2, 0.25) is 0 Å². The van der Waals surface area contributed by atoms with Crippen LogP contribution in [-0.2, 0) is 16.0 Å². The van der Waals surface area contributed by atoms with E-state index in [0.717, 1.165) is 40.2 Å². The molecule has 0 radical (unpaired) electrons. The third-order valence-electron chi connectivity index (χ3n) is 6.22. The molecular weight excluding hydrogens is 430 g/mol. The topological polar surface area (TPSA) is 54.3 Å². The minimum atomic E-state index is -0.484. The van der Waals surface area contributed by atoms with E-state index in [4.69, 9.17) is 12.2 Å². The van der Waals surface area contributed by atoms with Crippen molar-refractivity contribution in [3.8, 4) is 5.69 Å². The van der Waals surface area contributed by atoms with Gasteiger partial charge in [0.05, 0.1) is 5.69 Å². The molecule has 6 heteroatoms. The summed E-state index contributed by atoms with van der Waals surface area (Å²) in [5.74, 6) is -0.911. The first-order valence-electron chi connectivity index (χ1n) is 11.0. The maximum Gasteiger partial charge on any atom is 0.270 e. The van der Waals surface area contributed by atoms with Crippen LogP contribution in [0.15, 0.2) is 54.1 Å². The number of benzene rings is 2. The summed E-state index contributed by atoms with van der Waals surface area (Å²) in [5.41, 5.74) is 7.97. The van der Waals surface area contributed by atoms with Gasteiger partial charge in [-0.25, -0.2) is 0 Å². The lowest BCUT2D eigenvalue weighted by atomic mass is 10.1. The molecule has 4 rings (SSSR count). The number of hydrogen-bond acceptors (Lipinski definition) is 3. The fourth-order valence-corrected chi connectivity index (χ4v) is 4.40. The van der Waals surface area contributed by atoms with Gasteiger partial charge < -0.3 is 4.57 Å². The Morgan fingerprint density at radius 1 is 0.909 bits per heavy atom. The molecule has 0 unspecified atom stereocenters. The molecule has 1 aliphatic heterocycles. The molecule has 168 valence electrons. The molecule has 0 aliphatic carbocycles. The van der Waals surface area contributed by atoms with E-state index in [2.05, 4.69) is 41.1 Å². The van der Waals surface area contributed by atoms with Crippen LogP contribution in [0.5, 0.6) is 0 Å². The Kier molecular flexibility index (Phi) is 6.04. The molecule has 0 spiro atoms. The summed E-state index contributed by atoms with van der Waals surface area (Å²) >= 11 is 5.33. The van der Waals surface area contributed by atoms with Gasteiger partial charge in [-0.15, -0.1) is 0 Å². The van der Waals surface area contributed by atoms with Crippen LogP contribution in [0.3, 0.4) is 0 Å². The molecule has 1 aliphatic rings. The second kappa shape index (κ2) is 8.79. The van der Waals surface area contributed by atoms with E-state index in [1.54, 1.807) is 6.08 Å². The number of amides is 2. The number of rotatable bonds is 4. The van der Waals surface area contributed by atoms with Crippen LogP contribution in [0.1, 0.15) is 40.6 Å². The van der Waals surface area contributed by atoms with Crippen molar-refractivity contribution in [3.63, 3.8) is 0 Å². The van der Waals surface area contributed by atoms with Gasteiger partial charge in [0.25, 0.3) is 11.8 Å². The molecule has 1 aromatic heterocycles. The normalized spacial score (nSPS) is 15.4. The van der Waals surface area contributed by atoms with Crippen LogP contribution in [0, 0.1) is 27.7 Å². The van der Waals surface area contributed by atoms with Gasteiger partial charge in [-0.1, -0.05) is 25.1 Å². The molecule has 2 amide bonds. The van der Waals surface area contributed by atoms with Crippen molar-refractivity contribution in [3.05, 3.63) is 87.7 Å². The zero-order valence-corrected chi connectivity index (χ0v) is 20.3. The predicted molar refractivity (Wildman–Crippen MR) is 137 cm³/mol. The maximum atomic E-state index is 13.4. The fourth-order valence-electron chi connectivity index (χ4n) is 4.12. The number of anilines is 1. The first-order valence-corrected chi connectivity index (χ1v) is 11.4. The van der Waals surface area contributed by atoms with Crippen molar-refractivity contribution in [1.82, 2.24) is 9.88 Å². The van der Waals surface area contributed by atoms with E-state index in [1.807, 2.05) is 52.0 Å². The smallest absolute Gasteiger partial charge is 0.270 e. The Hall–Kier alpha value is -3.51. The van der Waals surface area contributed by atoms with Gasteiger partial charge in [0.15, 0.2) is 5.11 Å². The molecule has 2 aromatic carbocycles. The van der Waals surface area contributed by atoms with Crippen molar-refractivity contribution in [2.75, 3.05) is 4.90 Å². The molecular formula is C27H27N3O2S. The second-order valence-corrected chi connectivity index (χ2v) is 8.79. The predicted octanol–water partition coefficient (Wildman–Crippen LogP) is 5.10. The summed E-state index contributed by atoms with van der Waals surface area (Å²) in [6, 6.07) is 16.1. The van der Waals surface area contributed by atoms with Crippen LogP contribution >= 0.6 is 12.2 Å². The Morgan fingerprint density at radius 3 is 2.21 bits per heavy atom. The van der Waals surface area contributed by atoms with Crippen LogP contribution < -0.4 is 10.2 Å². The number of aryl methyl sites for hydroxylation is 4. The van der Waals surface area contributed by atoms with Crippen LogP contribution in [-0.4, -0.2) is 21.5 Å². The summed E-state index contributed by atoms with van der Waals surface area (Å²) in [7, 11) is 0. The van der Waals surface area contributed by atoms with E-state index >= 15 is 0 Å². The quantitative estimate of drug-likeness (QED) is 0.337. The van der Waals surface area contributed by atoms with Gasteiger partial charge >= 0.3 is 0 Å². The SMILES string of the molecule is CCc1ccc(-n2c(C)cc(/C=C3\C(=O)NC(=S)N(c4ccc(C)c(C)c4)C3=O)c2C)cc1. The van der Waals surface area contributed by atoms with E-state index in [9.17, 15) is 9.59 Å². The lowest BCUT2D eigenvalue weighted by Crippen LogP contribution is -2.54. The lowest BCUT2D eigenvalue weighted by molar-refractivity contribution is -0.122. The Labute approximate surface area is 199 Å². The third-order valence-corrected chi connectivity index (χ3v) is 6.51. The highest BCUT2D eigenvalue weighted by Gasteiger charge is 2.34. The van der Waals surface area contributed by atoms with Gasteiger partial charge in [0.1, 0.15) is 5.57 Å². The molecule has 0 saturated carbocycles. The Bertz CT molecular complexity index is 1320. The molecule has 0 bridgehead atoms. The monoisotopic (exact) mass is 457 g/mol. The van der Waals surface area contributed by atoms with Crippen LogP contribution in [0.25, 0.3) is 11.8 Å². The number of hydrogen-bond donors (Lipinski definition) is 1. The lowest BCUT2D eigenvalue weighted by Gasteiger charge is -2.29. The molecule has 3 aromatic rings. The highest BCUT2D eigenvalue weighted by Crippen LogP contribution is 2.27. The number of nitrogens with zero attached hydrogens (tertiary/aromatic N) is 2. The minimum Gasteiger partial charge on any atom is -0.318 e. The van der Waals surface area contributed by atoms with Crippen molar-refractivity contribution in [1.29, 1.82) is 0 Å². The van der Waals surface area contributed by atoms with Gasteiger partial charge in [0, 0.05) is 17.1 Å². The summed E-state index contributed by atoms with van der Waals surface area (Å²) in [6.07, 6.45) is 2.64. The Morgan fingerprint density at radius 2 is 1.58 bits per heavy atom. The number of aromatic nitrogens is 1. The first kappa shape index (κ1) is 22.7. The molecule has 2 heterocycles. The van der Waals surface area contributed by atoms with Crippen LogP contribution in [0.4, 0.5) is 5.69 Å². The summed E-state index contributed by atoms with van der Waals surface area (Å²) in [6.45, 7) is 10.1. The summed E-state index contributed by atoms with van der Waals surface area (Å²) in [4.78, 5) is 27.5. The minimum absolute atomic E-state index is 0.0587. The maximum absolute atomic E-state index is 13.4. The number of thiocarbonyl (C=S) groups is 1.